The predicted octanol–water partition coefficient (Wildman–Crippen LogP) is 6.73. The van der Waals surface area contributed by atoms with E-state index in [0.29, 0.717) is 18.0 Å². The number of aromatic nitrogens is 2. The highest BCUT2D eigenvalue weighted by molar-refractivity contribution is 6.14. The van der Waals surface area contributed by atoms with Gasteiger partial charge < -0.3 is 14.4 Å². The van der Waals surface area contributed by atoms with E-state index in [9.17, 15) is 4.79 Å². The molecule has 0 saturated carbocycles. The van der Waals surface area contributed by atoms with Crippen molar-refractivity contribution < 1.29 is 4.79 Å². The molecule has 0 atom stereocenters. The van der Waals surface area contributed by atoms with Crippen molar-refractivity contribution in [2.24, 2.45) is 7.05 Å². The number of amides is 1. The Morgan fingerprint density at radius 1 is 0.857 bits per heavy atom. The van der Waals surface area contributed by atoms with Crippen molar-refractivity contribution in [2.75, 3.05) is 23.9 Å². The Labute approximate surface area is 209 Å². The van der Waals surface area contributed by atoms with E-state index in [0.717, 1.165) is 33.5 Å². The Morgan fingerprint density at radius 3 is 2.06 bits per heavy atom. The molecule has 0 saturated heterocycles. The van der Waals surface area contributed by atoms with E-state index in [2.05, 4.69) is 98.2 Å². The van der Waals surface area contributed by atoms with Gasteiger partial charge in [0.1, 0.15) is 5.52 Å². The number of hydrogen-bond acceptors (Lipinski definition) is 3. The molecule has 0 spiro atoms. The third-order valence-corrected chi connectivity index (χ3v) is 6.67. The summed E-state index contributed by atoms with van der Waals surface area (Å²) in [6.07, 6.45) is 1.79. The minimum Gasteiger partial charge on any atom is -0.378 e. The van der Waals surface area contributed by atoms with Crippen LogP contribution in [0.4, 0.5) is 11.4 Å². The predicted molar refractivity (Wildman–Crippen MR) is 147 cm³/mol. The standard InChI is InChI=1S/C30H36N4O/c1-20(2)23-10-14-25(15-11-23)34(18-22-8-12-24(13-9-22)32(5)6)30(35)28-26(21(3)4)16-17-27-29(28)31-19-33(27)7/h8-17,19-21H,18H2,1-7H3. The van der Waals surface area contributed by atoms with E-state index in [-0.39, 0.29) is 11.8 Å². The number of anilines is 2. The maximum Gasteiger partial charge on any atom is 0.261 e. The smallest absolute Gasteiger partial charge is 0.261 e. The van der Waals surface area contributed by atoms with Crippen molar-refractivity contribution >= 4 is 28.3 Å². The molecule has 5 heteroatoms. The van der Waals surface area contributed by atoms with Crippen LogP contribution in [0.2, 0.25) is 0 Å². The number of benzene rings is 3. The van der Waals surface area contributed by atoms with Gasteiger partial charge in [-0.1, -0.05) is 58.0 Å². The van der Waals surface area contributed by atoms with Crippen LogP contribution in [0.5, 0.6) is 0 Å². The van der Waals surface area contributed by atoms with Gasteiger partial charge in [-0.2, -0.15) is 0 Å². The minimum atomic E-state index is -0.0213. The second kappa shape index (κ2) is 9.95. The average Bonchev–Trinajstić information content (AvgIpc) is 3.22. The number of carbonyl (C=O) groups is 1. The molecular weight excluding hydrogens is 432 g/mol. The lowest BCUT2D eigenvalue weighted by Crippen LogP contribution is -2.31. The second-order valence-corrected chi connectivity index (χ2v) is 10.1. The Hall–Kier alpha value is -3.60. The van der Waals surface area contributed by atoms with Crippen LogP contribution in [0.3, 0.4) is 0 Å². The molecule has 0 fully saturated rings. The lowest BCUT2D eigenvalue weighted by atomic mass is 9.94. The Balaban J connectivity index is 1.83. The van der Waals surface area contributed by atoms with Crippen LogP contribution in [0, 0.1) is 0 Å². The third-order valence-electron chi connectivity index (χ3n) is 6.67. The molecule has 0 aliphatic heterocycles. The summed E-state index contributed by atoms with van der Waals surface area (Å²) in [5, 5.41) is 0. The number of hydrogen-bond donors (Lipinski definition) is 0. The van der Waals surface area contributed by atoms with Crippen LogP contribution in [0.15, 0.2) is 67.0 Å². The molecule has 4 rings (SSSR count). The van der Waals surface area contributed by atoms with E-state index in [1.807, 2.05) is 30.6 Å². The Bertz CT molecular complexity index is 1320. The number of rotatable bonds is 7. The number of fused-ring (bicyclic) bond motifs is 1. The van der Waals surface area contributed by atoms with Gasteiger partial charge in [0.05, 0.1) is 24.0 Å². The van der Waals surface area contributed by atoms with Gasteiger partial charge >= 0.3 is 0 Å². The fourth-order valence-corrected chi connectivity index (χ4v) is 4.46. The maximum atomic E-state index is 14.4. The number of aryl methyl sites for hydroxylation is 1. The third kappa shape index (κ3) is 4.95. The van der Waals surface area contributed by atoms with Gasteiger partial charge in [-0.25, -0.2) is 4.98 Å². The Kier molecular flexibility index (Phi) is 6.97. The highest BCUT2D eigenvalue weighted by Gasteiger charge is 2.26. The maximum absolute atomic E-state index is 14.4. The zero-order chi connectivity index (χ0) is 25.3. The SMILES string of the molecule is CC(C)c1ccc(N(Cc2ccc(N(C)C)cc2)C(=O)c2c(C(C)C)ccc3c2ncn3C)cc1. The lowest BCUT2D eigenvalue weighted by molar-refractivity contribution is 0.0985. The summed E-state index contributed by atoms with van der Waals surface area (Å²) in [6, 6.07) is 20.9. The van der Waals surface area contributed by atoms with Gasteiger partial charge in [0.25, 0.3) is 5.91 Å². The molecule has 0 aliphatic rings. The number of carbonyl (C=O) groups excluding carboxylic acids is 1. The van der Waals surface area contributed by atoms with Gasteiger partial charge in [-0.15, -0.1) is 0 Å². The molecule has 3 aromatic carbocycles. The largest absolute Gasteiger partial charge is 0.378 e. The first-order valence-electron chi connectivity index (χ1n) is 12.3. The van der Waals surface area contributed by atoms with E-state index >= 15 is 0 Å². The van der Waals surface area contributed by atoms with Crippen molar-refractivity contribution in [3.8, 4) is 0 Å². The Morgan fingerprint density at radius 2 is 1.49 bits per heavy atom. The monoisotopic (exact) mass is 468 g/mol. The second-order valence-electron chi connectivity index (χ2n) is 10.1. The van der Waals surface area contributed by atoms with Gasteiger partial charge in [0.15, 0.2) is 0 Å². The molecule has 0 aliphatic carbocycles. The summed E-state index contributed by atoms with van der Waals surface area (Å²) in [5.74, 6) is 0.610. The molecule has 0 radical (unpaired) electrons. The molecular formula is C30H36N4O. The topological polar surface area (TPSA) is 41.4 Å². The van der Waals surface area contributed by atoms with E-state index in [1.165, 1.54) is 5.56 Å². The van der Waals surface area contributed by atoms with Crippen molar-refractivity contribution in [1.29, 1.82) is 0 Å². The van der Waals surface area contributed by atoms with E-state index < -0.39 is 0 Å². The van der Waals surface area contributed by atoms with Crippen LogP contribution in [-0.2, 0) is 13.6 Å². The van der Waals surface area contributed by atoms with E-state index in [1.54, 1.807) is 6.33 Å². The van der Waals surface area contributed by atoms with Crippen molar-refractivity contribution in [3.05, 3.63) is 89.2 Å². The molecule has 5 nitrogen and oxygen atoms in total. The summed E-state index contributed by atoms with van der Waals surface area (Å²) in [4.78, 5) is 23.0. The fraction of sp³-hybridized carbons (Fsp3) is 0.333. The van der Waals surface area contributed by atoms with Crippen LogP contribution in [0.25, 0.3) is 11.0 Å². The van der Waals surface area contributed by atoms with Gasteiger partial charge in [0.2, 0.25) is 0 Å². The quantitative estimate of drug-likeness (QED) is 0.302. The fourth-order valence-electron chi connectivity index (χ4n) is 4.46. The molecule has 1 heterocycles. The molecule has 182 valence electrons. The summed E-state index contributed by atoms with van der Waals surface area (Å²) < 4.78 is 1.97. The number of nitrogens with zero attached hydrogens (tertiary/aromatic N) is 4. The van der Waals surface area contributed by atoms with Crippen LogP contribution in [0.1, 0.15) is 66.6 Å². The lowest BCUT2D eigenvalue weighted by Gasteiger charge is -2.26. The zero-order valence-corrected chi connectivity index (χ0v) is 21.9. The first-order valence-corrected chi connectivity index (χ1v) is 12.3. The van der Waals surface area contributed by atoms with Crippen molar-refractivity contribution in [1.82, 2.24) is 9.55 Å². The summed E-state index contributed by atoms with van der Waals surface area (Å²) in [5.41, 5.74) is 7.79. The molecule has 0 N–H and O–H groups in total. The van der Waals surface area contributed by atoms with Crippen LogP contribution >= 0.6 is 0 Å². The summed E-state index contributed by atoms with van der Waals surface area (Å²) in [7, 11) is 6.03. The highest BCUT2D eigenvalue weighted by Crippen LogP contribution is 2.31. The highest BCUT2D eigenvalue weighted by atomic mass is 16.2. The van der Waals surface area contributed by atoms with Crippen molar-refractivity contribution in [3.63, 3.8) is 0 Å². The molecule has 1 aromatic heterocycles. The summed E-state index contributed by atoms with van der Waals surface area (Å²) >= 11 is 0. The van der Waals surface area contributed by atoms with Crippen molar-refractivity contribution in [2.45, 2.75) is 46.1 Å². The molecule has 1 amide bonds. The molecule has 0 bridgehead atoms. The first-order chi connectivity index (χ1) is 16.7. The average molecular weight is 469 g/mol. The molecule has 35 heavy (non-hydrogen) atoms. The number of imidazole rings is 1. The van der Waals surface area contributed by atoms with Gasteiger partial charge in [-0.05, 0) is 58.9 Å². The normalized spacial score (nSPS) is 11.5. The van der Waals surface area contributed by atoms with E-state index in [4.69, 9.17) is 0 Å². The minimum absolute atomic E-state index is 0.0213. The first kappa shape index (κ1) is 24.5. The summed E-state index contributed by atoms with van der Waals surface area (Å²) in [6.45, 7) is 9.10. The van der Waals surface area contributed by atoms with Gasteiger partial charge in [0, 0.05) is 32.5 Å². The molecule has 4 aromatic rings. The zero-order valence-electron chi connectivity index (χ0n) is 21.9. The van der Waals surface area contributed by atoms with Gasteiger partial charge in [-0.3, -0.25) is 4.79 Å². The van der Waals surface area contributed by atoms with Crippen LogP contribution < -0.4 is 9.80 Å². The molecule has 0 unspecified atom stereocenters. The van der Waals surface area contributed by atoms with Crippen LogP contribution in [-0.4, -0.2) is 29.6 Å².